The van der Waals surface area contributed by atoms with Gasteiger partial charge in [0.25, 0.3) is 10.0 Å². The Hall–Kier alpha value is -2.13. The zero-order valence-electron chi connectivity index (χ0n) is 13.3. The molecule has 2 rings (SSSR count). The van der Waals surface area contributed by atoms with Crippen LogP contribution in [-0.2, 0) is 20.0 Å². The molecule has 0 saturated carbocycles. The van der Waals surface area contributed by atoms with Gasteiger partial charge < -0.3 is 0 Å². The van der Waals surface area contributed by atoms with Crippen molar-refractivity contribution in [2.75, 3.05) is 15.7 Å². The van der Waals surface area contributed by atoms with E-state index < -0.39 is 25.9 Å². The van der Waals surface area contributed by atoms with E-state index >= 15 is 0 Å². The number of anilines is 2. The zero-order chi connectivity index (χ0) is 18.1. The maximum absolute atomic E-state index is 13.5. The maximum Gasteiger partial charge on any atom is 0.262 e. The molecule has 9 heteroatoms. The van der Waals surface area contributed by atoms with Gasteiger partial charge in [0.05, 0.1) is 22.5 Å². The van der Waals surface area contributed by atoms with Gasteiger partial charge in [-0.25, -0.2) is 21.2 Å². The van der Waals surface area contributed by atoms with E-state index in [0.717, 1.165) is 30.0 Å². The van der Waals surface area contributed by atoms with Crippen LogP contribution in [0.5, 0.6) is 0 Å². The van der Waals surface area contributed by atoms with Gasteiger partial charge in [-0.3, -0.25) is 9.44 Å². The number of nitrogens with one attached hydrogen (secondary N) is 2. The lowest BCUT2D eigenvalue weighted by Crippen LogP contribution is -2.17. The molecule has 0 aliphatic rings. The Bertz CT molecular complexity index is 987. The van der Waals surface area contributed by atoms with E-state index in [9.17, 15) is 21.2 Å². The first-order valence-corrected chi connectivity index (χ1v) is 10.2. The van der Waals surface area contributed by atoms with E-state index in [1.807, 2.05) is 6.92 Å². The van der Waals surface area contributed by atoms with E-state index in [0.29, 0.717) is 5.56 Å². The van der Waals surface area contributed by atoms with Gasteiger partial charge in [0.2, 0.25) is 10.0 Å². The van der Waals surface area contributed by atoms with Gasteiger partial charge in [0.1, 0.15) is 5.82 Å². The normalized spacial score (nSPS) is 12.0. The summed E-state index contributed by atoms with van der Waals surface area (Å²) in [6.07, 6.45) is 0.915. The monoisotopic (exact) mass is 372 g/mol. The van der Waals surface area contributed by atoms with Gasteiger partial charge in [-0.05, 0) is 37.6 Å². The Morgan fingerprint density at radius 2 is 1.54 bits per heavy atom. The predicted molar refractivity (Wildman–Crippen MR) is 91.6 cm³/mol. The van der Waals surface area contributed by atoms with Crippen LogP contribution in [-0.4, -0.2) is 23.1 Å². The lowest BCUT2D eigenvalue weighted by molar-refractivity contribution is 0.599. The van der Waals surface area contributed by atoms with Crippen molar-refractivity contribution in [3.8, 4) is 0 Å². The molecule has 6 nitrogen and oxygen atoms in total. The number of halogens is 1. The predicted octanol–water partition coefficient (Wildman–Crippen LogP) is 2.61. The minimum atomic E-state index is -4.01. The Labute approximate surface area is 140 Å². The first-order chi connectivity index (χ1) is 11.0. The highest BCUT2D eigenvalue weighted by atomic mass is 32.2. The van der Waals surface area contributed by atoms with Crippen molar-refractivity contribution >= 4 is 31.4 Å². The van der Waals surface area contributed by atoms with Crippen molar-refractivity contribution < 1.29 is 21.2 Å². The molecule has 0 saturated heterocycles. The molecule has 130 valence electrons. The molecule has 0 aliphatic carbocycles. The highest BCUT2D eigenvalue weighted by Crippen LogP contribution is 2.27. The third-order valence-electron chi connectivity index (χ3n) is 3.14. The molecule has 0 atom stereocenters. The minimum absolute atomic E-state index is 0.0302. The van der Waals surface area contributed by atoms with E-state index in [4.69, 9.17) is 0 Å². The van der Waals surface area contributed by atoms with Crippen molar-refractivity contribution in [2.24, 2.45) is 0 Å². The smallest absolute Gasteiger partial charge is 0.262 e. The highest BCUT2D eigenvalue weighted by molar-refractivity contribution is 7.93. The quantitative estimate of drug-likeness (QED) is 0.844. The molecule has 0 radical (unpaired) electrons. The Morgan fingerprint density at radius 3 is 2.12 bits per heavy atom. The Balaban J connectivity index is 2.48. The summed E-state index contributed by atoms with van der Waals surface area (Å²) in [5.41, 5.74) is 1.17. The molecule has 0 amide bonds. The van der Waals surface area contributed by atoms with E-state index in [1.54, 1.807) is 19.1 Å². The van der Waals surface area contributed by atoms with Gasteiger partial charge in [-0.1, -0.05) is 17.7 Å². The topological polar surface area (TPSA) is 92.3 Å². The number of hydrogen-bond donors (Lipinski definition) is 2. The Morgan fingerprint density at radius 1 is 0.875 bits per heavy atom. The van der Waals surface area contributed by atoms with Crippen LogP contribution < -0.4 is 9.44 Å². The second-order valence-electron chi connectivity index (χ2n) is 5.44. The van der Waals surface area contributed by atoms with Gasteiger partial charge in [0.15, 0.2) is 0 Å². The first kappa shape index (κ1) is 18.2. The molecule has 0 unspecified atom stereocenters. The van der Waals surface area contributed by atoms with E-state index in [2.05, 4.69) is 9.44 Å². The van der Waals surface area contributed by atoms with Crippen LogP contribution in [0.3, 0.4) is 0 Å². The van der Waals surface area contributed by atoms with Crippen LogP contribution in [0.25, 0.3) is 0 Å². The van der Waals surface area contributed by atoms with Crippen LogP contribution in [0.1, 0.15) is 11.1 Å². The molecule has 2 aromatic carbocycles. The second-order valence-corrected chi connectivity index (χ2v) is 8.84. The molecule has 2 N–H and O–H groups in total. The summed E-state index contributed by atoms with van der Waals surface area (Å²) in [5, 5.41) is 0. The maximum atomic E-state index is 13.5. The molecule has 2 aromatic rings. The van der Waals surface area contributed by atoms with Gasteiger partial charge in [-0.15, -0.1) is 0 Å². The van der Waals surface area contributed by atoms with Crippen molar-refractivity contribution in [3.05, 3.63) is 53.3 Å². The molecular formula is C15H17FN2O4S2. The third kappa shape index (κ3) is 4.45. The fraction of sp³-hybridized carbons (Fsp3) is 0.200. The fourth-order valence-electron chi connectivity index (χ4n) is 2.19. The first-order valence-electron chi connectivity index (χ1n) is 6.85. The molecule has 0 aliphatic heterocycles. The van der Waals surface area contributed by atoms with Crippen molar-refractivity contribution in [2.45, 2.75) is 18.7 Å². The minimum Gasteiger partial charge on any atom is -0.282 e. The second kappa shape index (κ2) is 6.40. The summed E-state index contributed by atoms with van der Waals surface area (Å²) in [6.45, 7) is 3.47. The lowest BCUT2D eigenvalue weighted by atomic mass is 10.2. The highest BCUT2D eigenvalue weighted by Gasteiger charge is 2.19. The van der Waals surface area contributed by atoms with Crippen molar-refractivity contribution in [1.82, 2.24) is 0 Å². The van der Waals surface area contributed by atoms with E-state index in [1.165, 1.54) is 6.07 Å². The average molecular weight is 372 g/mol. The van der Waals surface area contributed by atoms with Crippen LogP contribution in [0.2, 0.25) is 0 Å². The number of hydrogen-bond acceptors (Lipinski definition) is 4. The van der Waals surface area contributed by atoms with Crippen LogP contribution in [0.4, 0.5) is 15.8 Å². The molecule has 24 heavy (non-hydrogen) atoms. The number of benzene rings is 2. The fourth-order valence-corrected chi connectivity index (χ4v) is 4.07. The summed E-state index contributed by atoms with van der Waals surface area (Å²) < 4.78 is 65.7. The Kier molecular flexibility index (Phi) is 4.86. The summed E-state index contributed by atoms with van der Waals surface area (Å²) >= 11 is 0. The van der Waals surface area contributed by atoms with Gasteiger partial charge in [0, 0.05) is 6.07 Å². The number of sulfonamides is 2. The largest absolute Gasteiger partial charge is 0.282 e. The molecule has 0 bridgehead atoms. The average Bonchev–Trinajstić information content (AvgIpc) is 2.39. The summed E-state index contributed by atoms with van der Waals surface area (Å²) in [5.74, 6) is -0.702. The van der Waals surface area contributed by atoms with Crippen molar-refractivity contribution in [1.29, 1.82) is 0 Å². The van der Waals surface area contributed by atoms with E-state index in [-0.39, 0.29) is 16.3 Å². The standard InChI is InChI=1S/C15H17FN2O4S2/c1-10-4-7-15(11(2)8-10)24(21,22)18-14-9-12(16)5-6-13(14)17-23(3,19)20/h4-9,17-18H,1-3H3. The van der Waals surface area contributed by atoms with Crippen LogP contribution in [0, 0.1) is 19.7 Å². The number of aryl methyl sites for hydroxylation is 2. The van der Waals surface area contributed by atoms with Crippen LogP contribution in [0.15, 0.2) is 41.3 Å². The zero-order valence-corrected chi connectivity index (χ0v) is 14.9. The summed E-state index contributed by atoms with van der Waals surface area (Å²) in [6, 6.07) is 7.88. The molecular weight excluding hydrogens is 355 g/mol. The van der Waals surface area contributed by atoms with Gasteiger partial charge in [-0.2, -0.15) is 0 Å². The third-order valence-corrected chi connectivity index (χ3v) is 5.26. The number of rotatable bonds is 5. The SMILES string of the molecule is Cc1ccc(S(=O)(=O)Nc2cc(F)ccc2NS(C)(=O)=O)c(C)c1. The molecule has 0 spiro atoms. The molecule has 0 fully saturated rings. The summed E-state index contributed by atoms with van der Waals surface area (Å²) in [7, 11) is -7.66. The van der Waals surface area contributed by atoms with Crippen LogP contribution >= 0.6 is 0 Å². The molecule has 0 aromatic heterocycles. The summed E-state index contributed by atoms with van der Waals surface area (Å²) in [4.78, 5) is 0.0302. The molecule has 0 heterocycles. The van der Waals surface area contributed by atoms with Crippen molar-refractivity contribution in [3.63, 3.8) is 0 Å². The lowest BCUT2D eigenvalue weighted by Gasteiger charge is -2.15. The van der Waals surface area contributed by atoms with Gasteiger partial charge >= 0.3 is 0 Å².